The second-order valence-electron chi connectivity index (χ2n) is 6.32. The Morgan fingerprint density at radius 1 is 1.00 bits per heavy atom. The van der Waals surface area contributed by atoms with Crippen molar-refractivity contribution in [1.29, 1.82) is 0 Å². The van der Waals surface area contributed by atoms with Crippen LogP contribution in [0.5, 0.6) is 5.75 Å². The molecule has 3 aromatic rings. The van der Waals surface area contributed by atoms with E-state index in [-0.39, 0.29) is 5.91 Å². The molecule has 5 nitrogen and oxygen atoms in total. The Hall–Kier alpha value is -3.34. The Bertz CT molecular complexity index is 916. The number of benzene rings is 2. The van der Waals surface area contributed by atoms with E-state index in [1.807, 2.05) is 63.2 Å². The number of aromatic nitrogens is 1. The Labute approximate surface area is 159 Å². The summed E-state index contributed by atoms with van der Waals surface area (Å²) < 4.78 is 5.61. The fourth-order valence-corrected chi connectivity index (χ4v) is 2.85. The molecule has 0 radical (unpaired) electrons. The fraction of sp³-hybridized carbons (Fsp3) is 0.182. The van der Waals surface area contributed by atoms with Crippen LogP contribution < -0.4 is 15.4 Å². The maximum Gasteiger partial charge on any atom is 0.274 e. The van der Waals surface area contributed by atoms with Crippen LogP contribution in [-0.2, 0) is 0 Å². The standard InChI is InChI=1S/C22H23N3O2/c1-4-27-21-8-6-5-7-19(21)24-17-9-10-20(23-14-17)22(26)25-18-12-15(2)11-16(3)13-18/h5-14,24H,4H2,1-3H3,(H,25,26). The van der Waals surface area contributed by atoms with Gasteiger partial charge < -0.3 is 15.4 Å². The van der Waals surface area contributed by atoms with E-state index in [1.54, 1.807) is 12.3 Å². The van der Waals surface area contributed by atoms with Crippen LogP contribution in [0, 0.1) is 13.8 Å². The summed E-state index contributed by atoms with van der Waals surface area (Å²) in [5.74, 6) is 0.540. The summed E-state index contributed by atoms with van der Waals surface area (Å²) in [5.41, 5.74) is 4.97. The van der Waals surface area contributed by atoms with Gasteiger partial charge in [-0.05, 0) is 68.3 Å². The Kier molecular flexibility index (Phi) is 5.71. The second-order valence-corrected chi connectivity index (χ2v) is 6.32. The van der Waals surface area contributed by atoms with Gasteiger partial charge in [0.15, 0.2) is 0 Å². The molecule has 0 bridgehead atoms. The van der Waals surface area contributed by atoms with Crippen molar-refractivity contribution in [3.63, 3.8) is 0 Å². The van der Waals surface area contributed by atoms with Gasteiger partial charge >= 0.3 is 0 Å². The van der Waals surface area contributed by atoms with Gasteiger partial charge in [-0.1, -0.05) is 18.2 Å². The van der Waals surface area contributed by atoms with Crippen LogP contribution in [-0.4, -0.2) is 17.5 Å². The van der Waals surface area contributed by atoms with E-state index >= 15 is 0 Å². The van der Waals surface area contributed by atoms with Gasteiger partial charge in [-0.2, -0.15) is 0 Å². The third-order valence-corrected chi connectivity index (χ3v) is 3.94. The molecule has 0 saturated carbocycles. The lowest BCUT2D eigenvalue weighted by Crippen LogP contribution is -2.13. The zero-order valence-electron chi connectivity index (χ0n) is 15.7. The van der Waals surface area contributed by atoms with Crippen molar-refractivity contribution in [3.05, 3.63) is 77.6 Å². The minimum Gasteiger partial charge on any atom is -0.492 e. The highest BCUT2D eigenvalue weighted by Crippen LogP contribution is 2.27. The molecule has 0 spiro atoms. The molecule has 27 heavy (non-hydrogen) atoms. The average molecular weight is 361 g/mol. The summed E-state index contributed by atoms with van der Waals surface area (Å²) in [7, 11) is 0. The number of amides is 1. The molecule has 0 aliphatic carbocycles. The topological polar surface area (TPSA) is 63.2 Å². The minimum absolute atomic E-state index is 0.235. The highest BCUT2D eigenvalue weighted by atomic mass is 16.5. The molecule has 0 unspecified atom stereocenters. The smallest absolute Gasteiger partial charge is 0.274 e. The summed E-state index contributed by atoms with van der Waals surface area (Å²) in [6, 6.07) is 17.2. The van der Waals surface area contributed by atoms with Gasteiger partial charge in [-0.15, -0.1) is 0 Å². The van der Waals surface area contributed by atoms with E-state index in [0.717, 1.165) is 33.9 Å². The van der Waals surface area contributed by atoms with E-state index in [0.29, 0.717) is 12.3 Å². The first-order valence-electron chi connectivity index (χ1n) is 8.89. The monoisotopic (exact) mass is 361 g/mol. The third kappa shape index (κ3) is 4.85. The van der Waals surface area contributed by atoms with Gasteiger partial charge in [0.1, 0.15) is 11.4 Å². The Morgan fingerprint density at radius 2 is 1.74 bits per heavy atom. The number of para-hydroxylation sites is 2. The maximum atomic E-state index is 12.4. The predicted molar refractivity (Wildman–Crippen MR) is 109 cm³/mol. The van der Waals surface area contributed by atoms with E-state index < -0.39 is 0 Å². The van der Waals surface area contributed by atoms with Gasteiger partial charge in [0.25, 0.3) is 5.91 Å². The molecular weight excluding hydrogens is 338 g/mol. The van der Waals surface area contributed by atoms with Crippen molar-refractivity contribution in [2.75, 3.05) is 17.2 Å². The largest absolute Gasteiger partial charge is 0.492 e. The molecule has 0 fully saturated rings. The first-order chi connectivity index (χ1) is 13.0. The lowest BCUT2D eigenvalue weighted by atomic mass is 10.1. The van der Waals surface area contributed by atoms with Gasteiger partial charge in [0, 0.05) is 5.69 Å². The summed E-state index contributed by atoms with van der Waals surface area (Å²) in [6.45, 7) is 6.54. The molecule has 0 saturated heterocycles. The molecule has 2 aromatic carbocycles. The van der Waals surface area contributed by atoms with Gasteiger partial charge in [0.05, 0.1) is 24.2 Å². The molecule has 2 N–H and O–H groups in total. The van der Waals surface area contributed by atoms with Crippen molar-refractivity contribution in [2.45, 2.75) is 20.8 Å². The SMILES string of the molecule is CCOc1ccccc1Nc1ccc(C(=O)Nc2cc(C)cc(C)c2)nc1. The quantitative estimate of drug-likeness (QED) is 0.642. The maximum absolute atomic E-state index is 12.4. The van der Waals surface area contributed by atoms with Crippen LogP contribution in [0.4, 0.5) is 17.1 Å². The zero-order valence-corrected chi connectivity index (χ0v) is 15.7. The van der Waals surface area contributed by atoms with Crippen LogP contribution in [0.3, 0.4) is 0 Å². The first kappa shape index (κ1) is 18.5. The van der Waals surface area contributed by atoms with Gasteiger partial charge in [-0.3, -0.25) is 4.79 Å². The van der Waals surface area contributed by atoms with Crippen molar-refractivity contribution < 1.29 is 9.53 Å². The van der Waals surface area contributed by atoms with Crippen molar-refractivity contribution in [3.8, 4) is 5.75 Å². The molecule has 0 atom stereocenters. The van der Waals surface area contributed by atoms with Crippen molar-refractivity contribution in [1.82, 2.24) is 4.98 Å². The molecule has 0 aliphatic heterocycles. The fourth-order valence-electron chi connectivity index (χ4n) is 2.85. The summed E-state index contributed by atoms with van der Waals surface area (Å²) in [6.07, 6.45) is 1.64. The number of nitrogens with one attached hydrogen (secondary N) is 2. The van der Waals surface area contributed by atoms with E-state index in [1.165, 1.54) is 0 Å². The summed E-state index contributed by atoms with van der Waals surface area (Å²) in [5, 5.41) is 6.16. The van der Waals surface area contributed by atoms with Gasteiger partial charge in [0.2, 0.25) is 0 Å². The lowest BCUT2D eigenvalue weighted by molar-refractivity contribution is 0.102. The van der Waals surface area contributed by atoms with E-state index in [2.05, 4.69) is 21.7 Å². The number of carbonyl (C=O) groups is 1. The highest BCUT2D eigenvalue weighted by molar-refractivity contribution is 6.03. The van der Waals surface area contributed by atoms with Crippen molar-refractivity contribution >= 4 is 23.0 Å². The van der Waals surface area contributed by atoms with E-state index in [4.69, 9.17) is 4.74 Å². The number of nitrogens with zero attached hydrogens (tertiary/aromatic N) is 1. The Balaban J connectivity index is 1.70. The molecule has 3 rings (SSSR count). The third-order valence-electron chi connectivity index (χ3n) is 3.94. The Morgan fingerprint density at radius 3 is 2.41 bits per heavy atom. The predicted octanol–water partition coefficient (Wildman–Crippen LogP) is 5.09. The molecule has 0 aliphatic rings. The zero-order chi connectivity index (χ0) is 19.2. The number of ether oxygens (including phenoxy) is 1. The van der Waals surface area contributed by atoms with Crippen LogP contribution in [0.15, 0.2) is 60.8 Å². The summed E-state index contributed by atoms with van der Waals surface area (Å²) >= 11 is 0. The molecule has 1 heterocycles. The number of anilines is 3. The van der Waals surface area contributed by atoms with Crippen molar-refractivity contribution in [2.24, 2.45) is 0 Å². The van der Waals surface area contributed by atoms with Crippen LogP contribution in [0.1, 0.15) is 28.5 Å². The number of hydrogen-bond acceptors (Lipinski definition) is 4. The first-order valence-corrected chi connectivity index (χ1v) is 8.89. The van der Waals surface area contributed by atoms with E-state index in [9.17, 15) is 4.79 Å². The molecule has 5 heteroatoms. The number of rotatable bonds is 6. The number of carbonyl (C=O) groups excluding carboxylic acids is 1. The minimum atomic E-state index is -0.235. The number of hydrogen-bond donors (Lipinski definition) is 2. The molecule has 138 valence electrons. The number of pyridine rings is 1. The average Bonchev–Trinajstić information content (AvgIpc) is 2.63. The van der Waals surface area contributed by atoms with Crippen LogP contribution in [0.2, 0.25) is 0 Å². The lowest BCUT2D eigenvalue weighted by Gasteiger charge is -2.12. The molecular formula is C22H23N3O2. The highest BCUT2D eigenvalue weighted by Gasteiger charge is 2.09. The molecule has 1 amide bonds. The van der Waals surface area contributed by atoms with Crippen LogP contribution >= 0.6 is 0 Å². The normalized spacial score (nSPS) is 10.3. The number of aryl methyl sites for hydroxylation is 2. The van der Waals surface area contributed by atoms with Gasteiger partial charge in [-0.25, -0.2) is 4.98 Å². The summed E-state index contributed by atoms with van der Waals surface area (Å²) in [4.78, 5) is 16.7. The molecule has 1 aromatic heterocycles. The van der Waals surface area contributed by atoms with Crippen LogP contribution in [0.25, 0.3) is 0 Å². The second kappa shape index (κ2) is 8.36.